The molecule has 0 aliphatic heterocycles. The van der Waals surface area contributed by atoms with Crippen LogP contribution in [0.5, 0.6) is 0 Å². The molecule has 0 spiro atoms. The Balaban J connectivity index is 1.41. The van der Waals surface area contributed by atoms with Gasteiger partial charge in [0.05, 0.1) is 12.4 Å². The first-order valence-corrected chi connectivity index (χ1v) is 10.6. The summed E-state index contributed by atoms with van der Waals surface area (Å²) in [6, 6.07) is 7.83. The highest BCUT2D eigenvalue weighted by Crippen LogP contribution is 2.09. The van der Waals surface area contributed by atoms with Crippen LogP contribution in [0.3, 0.4) is 0 Å². The number of oxime groups is 2. The second-order valence-electron chi connectivity index (χ2n) is 7.41. The Morgan fingerprint density at radius 2 is 0.862 bits per heavy atom. The van der Waals surface area contributed by atoms with Crippen molar-refractivity contribution in [2.45, 2.75) is 70.9 Å². The van der Waals surface area contributed by atoms with Gasteiger partial charge in [-0.25, -0.2) is 9.13 Å². The molecule has 0 unspecified atom stereocenters. The minimum atomic E-state index is 0.910. The van der Waals surface area contributed by atoms with Crippen molar-refractivity contribution in [2.24, 2.45) is 10.3 Å². The lowest BCUT2D eigenvalue weighted by Crippen LogP contribution is -2.32. The van der Waals surface area contributed by atoms with Gasteiger partial charge >= 0.3 is 0 Å². The van der Waals surface area contributed by atoms with E-state index in [1.165, 1.54) is 70.2 Å². The molecular weight excluding hydrogens is 364 g/mol. The lowest BCUT2D eigenvalue weighted by molar-refractivity contribution is -0.697. The first-order chi connectivity index (χ1) is 14.3. The monoisotopic (exact) mass is 398 g/mol. The van der Waals surface area contributed by atoms with Gasteiger partial charge in [0.15, 0.2) is 24.8 Å². The molecule has 0 radical (unpaired) electrons. The molecule has 0 bridgehead atoms. The number of aromatic nitrogens is 2. The number of aryl methyl sites for hydroxylation is 2. The lowest BCUT2D eigenvalue weighted by atomic mass is 10.1. The molecule has 2 rings (SSSR count). The topological polar surface area (TPSA) is 72.9 Å². The van der Waals surface area contributed by atoms with Crippen LogP contribution >= 0.6 is 0 Å². The molecule has 2 aromatic heterocycles. The Kier molecular flexibility index (Phi) is 11.1. The molecule has 0 amide bonds. The van der Waals surface area contributed by atoms with Gasteiger partial charge in [-0.15, -0.1) is 0 Å². The number of hydrogen-bond donors (Lipinski definition) is 2. The molecule has 0 saturated heterocycles. The fraction of sp³-hybridized carbons (Fsp3) is 0.478. The Labute approximate surface area is 173 Å². The van der Waals surface area contributed by atoms with E-state index in [9.17, 15) is 0 Å². The third-order valence-corrected chi connectivity index (χ3v) is 5.08. The minimum Gasteiger partial charge on any atom is -0.411 e. The van der Waals surface area contributed by atoms with Crippen LogP contribution in [0.25, 0.3) is 0 Å². The highest BCUT2D eigenvalue weighted by Gasteiger charge is 2.02. The van der Waals surface area contributed by atoms with Gasteiger partial charge in [-0.05, 0) is 12.8 Å². The summed E-state index contributed by atoms with van der Waals surface area (Å²) in [5.41, 5.74) is 1.82. The molecule has 0 fully saturated rings. The Hall–Kier alpha value is -2.76. The molecule has 0 aliphatic rings. The highest BCUT2D eigenvalue weighted by atomic mass is 16.4. The summed E-state index contributed by atoms with van der Waals surface area (Å²) in [5.74, 6) is 0. The summed E-state index contributed by atoms with van der Waals surface area (Å²) in [6.45, 7) is 2.09. The third kappa shape index (κ3) is 9.83. The van der Waals surface area contributed by atoms with Gasteiger partial charge in [0.1, 0.15) is 13.1 Å². The third-order valence-electron chi connectivity index (χ3n) is 5.08. The first kappa shape index (κ1) is 22.5. The predicted octanol–water partition coefficient (Wildman–Crippen LogP) is 4.09. The average Bonchev–Trinajstić information content (AvgIpc) is 2.75. The lowest BCUT2D eigenvalue weighted by Gasteiger charge is -2.02. The number of rotatable bonds is 14. The number of pyridine rings is 2. The predicted molar refractivity (Wildman–Crippen MR) is 114 cm³/mol. The molecule has 0 saturated carbocycles. The van der Waals surface area contributed by atoms with Gasteiger partial charge < -0.3 is 10.4 Å². The van der Waals surface area contributed by atoms with Crippen molar-refractivity contribution in [3.05, 3.63) is 60.2 Å². The largest absolute Gasteiger partial charge is 0.411 e. The van der Waals surface area contributed by atoms with Crippen molar-refractivity contribution in [3.63, 3.8) is 0 Å². The Morgan fingerprint density at radius 1 is 0.552 bits per heavy atom. The summed E-state index contributed by atoms with van der Waals surface area (Å²) < 4.78 is 4.36. The highest BCUT2D eigenvalue weighted by molar-refractivity contribution is 5.78. The van der Waals surface area contributed by atoms with E-state index in [1.807, 2.05) is 49.1 Å². The van der Waals surface area contributed by atoms with E-state index in [0.29, 0.717) is 0 Å². The Morgan fingerprint density at radius 3 is 1.17 bits per heavy atom. The molecule has 6 heteroatoms. The van der Waals surface area contributed by atoms with E-state index >= 15 is 0 Å². The van der Waals surface area contributed by atoms with Gasteiger partial charge in [0.2, 0.25) is 0 Å². The molecule has 29 heavy (non-hydrogen) atoms. The molecule has 2 aromatic rings. The van der Waals surface area contributed by atoms with E-state index in [4.69, 9.17) is 10.4 Å². The summed E-state index contributed by atoms with van der Waals surface area (Å²) in [4.78, 5) is 0. The summed E-state index contributed by atoms with van der Waals surface area (Å²) in [7, 11) is 0. The van der Waals surface area contributed by atoms with Gasteiger partial charge in [-0.3, -0.25) is 0 Å². The van der Waals surface area contributed by atoms with Crippen LogP contribution in [0, 0.1) is 0 Å². The van der Waals surface area contributed by atoms with Crippen molar-refractivity contribution in [2.75, 3.05) is 0 Å². The van der Waals surface area contributed by atoms with E-state index in [1.54, 1.807) is 0 Å². The zero-order chi connectivity index (χ0) is 20.6. The standard InChI is InChI=1S/C23H32N4O2/c28-24-20-22-10-16-26(17-11-22)14-8-6-4-2-1-3-5-7-9-15-27-18-12-23(13-19-27)21-25-29/h10-13,16-21H,1-9,14-15H2/p+2. The quantitative estimate of drug-likeness (QED) is 0.165. The summed E-state index contributed by atoms with van der Waals surface area (Å²) in [6.07, 6.45) is 22.6. The molecule has 6 nitrogen and oxygen atoms in total. The van der Waals surface area contributed by atoms with Crippen LogP contribution in [0.1, 0.15) is 68.9 Å². The van der Waals surface area contributed by atoms with E-state index in [0.717, 1.165) is 24.2 Å². The molecule has 0 aromatic carbocycles. The number of nitrogens with zero attached hydrogens (tertiary/aromatic N) is 4. The van der Waals surface area contributed by atoms with Crippen LogP contribution < -0.4 is 9.13 Å². The molecule has 2 heterocycles. The van der Waals surface area contributed by atoms with E-state index < -0.39 is 0 Å². The first-order valence-electron chi connectivity index (χ1n) is 10.6. The zero-order valence-corrected chi connectivity index (χ0v) is 17.2. The fourth-order valence-corrected chi connectivity index (χ4v) is 3.37. The molecule has 0 aliphatic carbocycles. The Bertz CT molecular complexity index is 664. The number of hydrogen-bond acceptors (Lipinski definition) is 4. The smallest absolute Gasteiger partial charge is 0.169 e. The maximum absolute atomic E-state index is 8.52. The van der Waals surface area contributed by atoms with Crippen molar-refractivity contribution in [3.8, 4) is 0 Å². The van der Waals surface area contributed by atoms with Crippen molar-refractivity contribution in [1.82, 2.24) is 0 Å². The summed E-state index contributed by atoms with van der Waals surface area (Å²) >= 11 is 0. The van der Waals surface area contributed by atoms with Crippen molar-refractivity contribution < 1.29 is 19.5 Å². The van der Waals surface area contributed by atoms with E-state index in [2.05, 4.69) is 19.4 Å². The van der Waals surface area contributed by atoms with Crippen LogP contribution in [-0.4, -0.2) is 22.8 Å². The van der Waals surface area contributed by atoms with Gasteiger partial charge in [0.25, 0.3) is 0 Å². The second kappa shape index (κ2) is 14.3. The zero-order valence-electron chi connectivity index (χ0n) is 17.2. The normalized spacial score (nSPS) is 11.6. The second-order valence-corrected chi connectivity index (χ2v) is 7.41. The SMILES string of the molecule is ON=Cc1cc[n+](CCCCCCCCCCC[n+]2ccc(C=NO)cc2)cc1. The molecule has 0 atom stereocenters. The van der Waals surface area contributed by atoms with Gasteiger partial charge in [-0.1, -0.05) is 42.4 Å². The molecule has 156 valence electrons. The van der Waals surface area contributed by atoms with Crippen LogP contribution in [-0.2, 0) is 13.1 Å². The molecule has 2 N–H and O–H groups in total. The summed E-state index contributed by atoms with van der Waals surface area (Å²) in [5, 5.41) is 23.1. The van der Waals surface area contributed by atoms with Crippen molar-refractivity contribution in [1.29, 1.82) is 0 Å². The van der Waals surface area contributed by atoms with Crippen LogP contribution in [0.2, 0.25) is 0 Å². The van der Waals surface area contributed by atoms with Gasteiger partial charge in [0, 0.05) is 48.2 Å². The molecular formula is C23H34N4O2+2. The van der Waals surface area contributed by atoms with Crippen molar-refractivity contribution >= 4 is 12.4 Å². The number of unbranched alkanes of at least 4 members (excludes halogenated alkanes) is 8. The maximum atomic E-state index is 8.52. The fourth-order valence-electron chi connectivity index (χ4n) is 3.37. The maximum Gasteiger partial charge on any atom is 0.169 e. The van der Waals surface area contributed by atoms with Gasteiger partial charge in [-0.2, -0.15) is 0 Å². The van der Waals surface area contributed by atoms with Crippen LogP contribution in [0.15, 0.2) is 59.4 Å². The van der Waals surface area contributed by atoms with Crippen LogP contribution in [0.4, 0.5) is 0 Å². The minimum absolute atomic E-state index is 0.910. The van der Waals surface area contributed by atoms with E-state index in [-0.39, 0.29) is 0 Å². The average molecular weight is 399 g/mol.